The second-order valence-corrected chi connectivity index (χ2v) is 20.7. The molecule has 6 heteroatoms. The SMILES string of the molecule is C/C(CO)=C1\C(=O)N([Si](C)(C)C(C)(C)C)[C@@H]1CCO[Si](C)(C)C(C)(C)C. The number of β-lactam (4-membered cyclic amide) rings is 1. The van der Waals surface area contributed by atoms with Crippen molar-refractivity contribution >= 4 is 22.5 Å². The lowest BCUT2D eigenvalue weighted by Crippen LogP contribution is -2.70. The van der Waals surface area contributed by atoms with Crippen molar-refractivity contribution < 1.29 is 14.3 Å². The monoisotopic (exact) mass is 399 g/mol. The zero-order valence-corrected chi connectivity index (χ0v) is 20.9. The molecule has 152 valence electrons. The van der Waals surface area contributed by atoms with Gasteiger partial charge in [-0.3, -0.25) is 4.79 Å². The first kappa shape index (κ1) is 23.6. The molecule has 0 aliphatic carbocycles. The number of amides is 1. The summed E-state index contributed by atoms with van der Waals surface area (Å²) in [5.41, 5.74) is 1.62. The Labute approximate surface area is 163 Å². The zero-order chi connectivity index (χ0) is 20.7. The fourth-order valence-corrected chi connectivity index (χ4v) is 6.40. The summed E-state index contributed by atoms with van der Waals surface area (Å²) < 4.78 is 8.52. The third-order valence-electron chi connectivity index (χ3n) is 6.89. The van der Waals surface area contributed by atoms with Gasteiger partial charge >= 0.3 is 0 Å². The number of rotatable bonds is 6. The van der Waals surface area contributed by atoms with Crippen LogP contribution in [0.25, 0.3) is 0 Å². The average molecular weight is 400 g/mol. The molecule has 1 fully saturated rings. The molecule has 0 aromatic heterocycles. The van der Waals surface area contributed by atoms with Gasteiger partial charge in [0.1, 0.15) is 0 Å². The number of aliphatic hydroxyl groups is 1. The second-order valence-electron chi connectivity index (χ2n) is 10.7. The first-order valence-corrected chi connectivity index (χ1v) is 15.6. The molecule has 0 spiro atoms. The summed E-state index contributed by atoms with van der Waals surface area (Å²) in [6.45, 7) is 25.0. The smallest absolute Gasteiger partial charge is 0.244 e. The van der Waals surface area contributed by atoms with Crippen molar-refractivity contribution in [2.75, 3.05) is 13.2 Å². The van der Waals surface area contributed by atoms with Gasteiger partial charge in [-0.1, -0.05) is 54.6 Å². The van der Waals surface area contributed by atoms with Gasteiger partial charge in [0.15, 0.2) is 16.6 Å². The van der Waals surface area contributed by atoms with Gasteiger partial charge in [0.05, 0.1) is 12.6 Å². The van der Waals surface area contributed by atoms with E-state index in [1.165, 1.54) is 0 Å². The van der Waals surface area contributed by atoms with Gasteiger partial charge in [-0.25, -0.2) is 0 Å². The maximum Gasteiger partial charge on any atom is 0.244 e. The summed E-state index contributed by atoms with van der Waals surface area (Å²) in [7, 11) is -3.75. The van der Waals surface area contributed by atoms with Crippen LogP contribution in [0.1, 0.15) is 54.9 Å². The van der Waals surface area contributed by atoms with Gasteiger partial charge < -0.3 is 14.1 Å². The summed E-state index contributed by atoms with van der Waals surface area (Å²) in [4.78, 5) is 12.9. The van der Waals surface area contributed by atoms with Gasteiger partial charge in [-0.05, 0) is 42.1 Å². The molecule has 1 heterocycles. The maximum absolute atomic E-state index is 12.9. The highest BCUT2D eigenvalue weighted by Crippen LogP contribution is 2.46. The molecule has 1 amide bonds. The third-order valence-corrected chi connectivity index (χ3v) is 16.8. The largest absolute Gasteiger partial charge is 0.417 e. The van der Waals surface area contributed by atoms with Gasteiger partial charge in [0.25, 0.3) is 0 Å². The third kappa shape index (κ3) is 4.34. The molecule has 26 heavy (non-hydrogen) atoms. The quantitative estimate of drug-likeness (QED) is 0.392. The summed E-state index contributed by atoms with van der Waals surface area (Å²) in [5.74, 6) is 0.125. The summed E-state index contributed by atoms with van der Waals surface area (Å²) >= 11 is 0. The van der Waals surface area contributed by atoms with E-state index in [1.807, 2.05) is 6.92 Å². The van der Waals surface area contributed by atoms with Crippen LogP contribution in [-0.2, 0) is 9.22 Å². The van der Waals surface area contributed by atoms with Crippen LogP contribution in [-0.4, -0.2) is 51.4 Å². The molecule has 1 aliphatic heterocycles. The fraction of sp³-hybridized carbons (Fsp3) is 0.850. The molecule has 0 aromatic rings. The standard InChI is InChI=1S/C20H41NO3Si2/c1-15(14-22)17-16(12-13-24-26(10,11)20(5,6)7)21(18(17)23)25(8,9)19(2,3)4/h16,22H,12-14H2,1-11H3/b17-15+/t16-/m1/s1. The molecule has 0 bridgehead atoms. The average Bonchev–Trinajstić information content (AvgIpc) is 2.43. The lowest BCUT2D eigenvalue weighted by molar-refractivity contribution is -0.131. The van der Waals surface area contributed by atoms with Crippen molar-refractivity contribution in [1.29, 1.82) is 0 Å². The van der Waals surface area contributed by atoms with E-state index < -0.39 is 16.6 Å². The van der Waals surface area contributed by atoms with Crippen LogP contribution in [0.4, 0.5) is 0 Å². The minimum absolute atomic E-state index is 0.0496. The lowest BCUT2D eigenvalue weighted by Gasteiger charge is -2.56. The van der Waals surface area contributed by atoms with Crippen LogP contribution in [0.3, 0.4) is 0 Å². The minimum Gasteiger partial charge on any atom is -0.417 e. The fourth-order valence-electron chi connectivity index (χ4n) is 2.95. The first-order chi connectivity index (χ1) is 11.5. The molecule has 1 atom stereocenters. The van der Waals surface area contributed by atoms with Crippen LogP contribution in [0.15, 0.2) is 11.1 Å². The number of nitrogens with zero attached hydrogens (tertiary/aromatic N) is 1. The molecule has 1 rings (SSSR count). The Kier molecular flexibility index (Phi) is 6.83. The van der Waals surface area contributed by atoms with Crippen molar-refractivity contribution in [2.24, 2.45) is 0 Å². The molecule has 0 aromatic carbocycles. The van der Waals surface area contributed by atoms with Crippen LogP contribution in [0, 0.1) is 0 Å². The Morgan fingerprint density at radius 2 is 1.58 bits per heavy atom. The molecular weight excluding hydrogens is 358 g/mol. The van der Waals surface area contributed by atoms with Crippen LogP contribution < -0.4 is 0 Å². The number of hydrogen-bond acceptors (Lipinski definition) is 3. The highest BCUT2D eigenvalue weighted by atomic mass is 28.4. The predicted molar refractivity (Wildman–Crippen MR) is 115 cm³/mol. The molecule has 4 nitrogen and oxygen atoms in total. The second kappa shape index (κ2) is 7.53. The van der Waals surface area contributed by atoms with E-state index in [2.05, 4.69) is 72.3 Å². The van der Waals surface area contributed by atoms with Crippen molar-refractivity contribution in [3.05, 3.63) is 11.1 Å². The Bertz CT molecular complexity index is 569. The van der Waals surface area contributed by atoms with E-state index >= 15 is 0 Å². The minimum atomic E-state index is -1.96. The molecular formula is C20H41NO3Si2. The molecule has 0 radical (unpaired) electrons. The van der Waals surface area contributed by atoms with E-state index in [4.69, 9.17) is 4.43 Å². The van der Waals surface area contributed by atoms with E-state index in [-0.39, 0.29) is 28.6 Å². The topological polar surface area (TPSA) is 49.8 Å². The van der Waals surface area contributed by atoms with E-state index in [0.29, 0.717) is 6.61 Å². The molecule has 0 saturated carbocycles. The van der Waals surface area contributed by atoms with Crippen LogP contribution >= 0.6 is 0 Å². The number of aliphatic hydroxyl groups excluding tert-OH is 1. The van der Waals surface area contributed by atoms with Gasteiger partial charge in [0, 0.05) is 12.2 Å². The van der Waals surface area contributed by atoms with Crippen molar-refractivity contribution in [3.8, 4) is 0 Å². The highest BCUT2D eigenvalue weighted by molar-refractivity contribution is 6.80. The molecule has 1 N–H and O–H groups in total. The maximum atomic E-state index is 12.9. The lowest BCUT2D eigenvalue weighted by atomic mass is 9.91. The Morgan fingerprint density at radius 1 is 1.08 bits per heavy atom. The summed E-state index contributed by atoms with van der Waals surface area (Å²) in [6.07, 6.45) is 0.817. The number of carbonyl (C=O) groups excluding carboxylic acids is 1. The van der Waals surface area contributed by atoms with Crippen molar-refractivity contribution in [1.82, 2.24) is 4.57 Å². The number of carbonyl (C=O) groups is 1. The Balaban J connectivity index is 3.04. The molecule has 1 saturated heterocycles. The Morgan fingerprint density at radius 3 is 1.96 bits per heavy atom. The summed E-state index contributed by atoms with van der Waals surface area (Å²) in [5, 5.41) is 9.85. The predicted octanol–water partition coefficient (Wildman–Crippen LogP) is 4.92. The highest BCUT2D eigenvalue weighted by Gasteiger charge is 2.54. The Hall–Kier alpha value is -0.436. The van der Waals surface area contributed by atoms with E-state index in [9.17, 15) is 9.90 Å². The van der Waals surface area contributed by atoms with Gasteiger partial charge in [-0.2, -0.15) is 0 Å². The van der Waals surface area contributed by atoms with Crippen LogP contribution in [0.5, 0.6) is 0 Å². The summed E-state index contributed by atoms with van der Waals surface area (Å²) in [6, 6.07) is 0.0836. The normalized spacial score (nSPS) is 21.8. The number of hydrogen-bond donors (Lipinski definition) is 1. The van der Waals surface area contributed by atoms with Gasteiger partial charge in [0.2, 0.25) is 5.91 Å². The van der Waals surface area contributed by atoms with Crippen molar-refractivity contribution in [2.45, 2.75) is 97.2 Å². The van der Waals surface area contributed by atoms with Gasteiger partial charge in [-0.15, -0.1) is 0 Å². The molecule has 0 unspecified atom stereocenters. The van der Waals surface area contributed by atoms with E-state index in [0.717, 1.165) is 17.6 Å². The van der Waals surface area contributed by atoms with E-state index in [1.54, 1.807) is 0 Å². The first-order valence-electron chi connectivity index (χ1n) is 9.77. The molecule has 1 aliphatic rings. The van der Waals surface area contributed by atoms with Crippen LogP contribution in [0.2, 0.25) is 36.3 Å². The van der Waals surface area contributed by atoms with Crippen molar-refractivity contribution in [3.63, 3.8) is 0 Å². The zero-order valence-electron chi connectivity index (χ0n) is 18.9.